The standard InChI is InChI=1S/C21H22FN3O5/c22-17-13-14(7-12-30-18-4-2-1-3-16(18)19(23)26)5-6-15(17)20(27)24-8-10-25(11-9-24)21(28)29/h1-6,13H,7-12H2,(H2,23,26)(H,28,29). The normalized spacial score (nSPS) is 13.8. The fourth-order valence-electron chi connectivity index (χ4n) is 3.23. The van der Waals surface area contributed by atoms with Crippen molar-refractivity contribution in [2.24, 2.45) is 5.73 Å². The van der Waals surface area contributed by atoms with Crippen LogP contribution in [0.3, 0.4) is 0 Å². The molecule has 1 heterocycles. The smallest absolute Gasteiger partial charge is 0.407 e. The number of nitrogens with two attached hydrogens (primary N) is 1. The lowest BCUT2D eigenvalue weighted by atomic mass is 10.1. The summed E-state index contributed by atoms with van der Waals surface area (Å²) in [5.74, 6) is -1.34. The molecule has 30 heavy (non-hydrogen) atoms. The van der Waals surface area contributed by atoms with E-state index in [9.17, 15) is 18.8 Å². The minimum Gasteiger partial charge on any atom is -0.492 e. The highest BCUT2D eigenvalue weighted by Crippen LogP contribution is 2.19. The molecule has 1 aliphatic heterocycles. The molecule has 0 radical (unpaired) electrons. The van der Waals surface area contributed by atoms with Crippen LogP contribution in [0.5, 0.6) is 5.75 Å². The minimum absolute atomic E-state index is 0.0532. The molecule has 0 unspecified atom stereocenters. The molecule has 1 aliphatic rings. The third kappa shape index (κ3) is 4.86. The van der Waals surface area contributed by atoms with Crippen molar-refractivity contribution >= 4 is 17.9 Å². The highest BCUT2D eigenvalue weighted by atomic mass is 19.1. The Morgan fingerprint density at radius 2 is 1.67 bits per heavy atom. The molecule has 3 N–H and O–H groups in total. The number of amides is 3. The van der Waals surface area contributed by atoms with Crippen LogP contribution in [0.4, 0.5) is 9.18 Å². The number of halogens is 1. The molecule has 0 aromatic heterocycles. The molecule has 1 saturated heterocycles. The summed E-state index contributed by atoms with van der Waals surface area (Å²) in [4.78, 5) is 37.6. The third-order valence-electron chi connectivity index (χ3n) is 4.90. The van der Waals surface area contributed by atoms with Gasteiger partial charge in [0.2, 0.25) is 0 Å². The summed E-state index contributed by atoms with van der Waals surface area (Å²) >= 11 is 0. The van der Waals surface area contributed by atoms with E-state index >= 15 is 0 Å². The van der Waals surface area contributed by atoms with E-state index in [1.165, 1.54) is 21.9 Å². The molecule has 0 bridgehead atoms. The molecule has 3 rings (SSSR count). The lowest BCUT2D eigenvalue weighted by Gasteiger charge is -2.33. The number of carbonyl (C=O) groups excluding carboxylic acids is 2. The van der Waals surface area contributed by atoms with Gasteiger partial charge >= 0.3 is 6.09 Å². The summed E-state index contributed by atoms with van der Waals surface area (Å²) in [6.07, 6.45) is -0.659. The van der Waals surface area contributed by atoms with E-state index in [2.05, 4.69) is 0 Å². The molecular weight excluding hydrogens is 393 g/mol. The van der Waals surface area contributed by atoms with Crippen molar-refractivity contribution in [1.29, 1.82) is 0 Å². The Hall–Kier alpha value is -3.62. The number of hydrogen-bond acceptors (Lipinski definition) is 4. The van der Waals surface area contributed by atoms with Gasteiger partial charge in [0.25, 0.3) is 11.8 Å². The average Bonchev–Trinajstić information content (AvgIpc) is 2.73. The highest BCUT2D eigenvalue weighted by molar-refractivity contribution is 5.95. The van der Waals surface area contributed by atoms with Crippen LogP contribution in [0.15, 0.2) is 42.5 Å². The first-order valence-electron chi connectivity index (χ1n) is 9.44. The molecule has 1 fully saturated rings. The Morgan fingerprint density at radius 3 is 2.30 bits per heavy atom. The number of hydrogen-bond donors (Lipinski definition) is 2. The predicted octanol–water partition coefficient (Wildman–Crippen LogP) is 1.98. The average molecular weight is 415 g/mol. The zero-order valence-electron chi connectivity index (χ0n) is 16.2. The van der Waals surface area contributed by atoms with Crippen molar-refractivity contribution in [3.63, 3.8) is 0 Å². The van der Waals surface area contributed by atoms with Gasteiger partial charge in [0, 0.05) is 32.6 Å². The predicted molar refractivity (Wildman–Crippen MR) is 106 cm³/mol. The van der Waals surface area contributed by atoms with Crippen LogP contribution >= 0.6 is 0 Å². The van der Waals surface area contributed by atoms with Crippen molar-refractivity contribution in [3.05, 3.63) is 65.0 Å². The summed E-state index contributed by atoms with van der Waals surface area (Å²) in [5.41, 5.74) is 6.16. The maximum atomic E-state index is 14.5. The Kier molecular flexibility index (Phi) is 6.51. The molecule has 0 atom stereocenters. The molecule has 3 amide bonds. The molecule has 0 aliphatic carbocycles. The van der Waals surface area contributed by atoms with Gasteiger partial charge in [-0.3, -0.25) is 9.59 Å². The third-order valence-corrected chi connectivity index (χ3v) is 4.90. The Labute approximate surface area is 172 Å². The van der Waals surface area contributed by atoms with Gasteiger partial charge in [0.1, 0.15) is 11.6 Å². The van der Waals surface area contributed by atoms with E-state index in [0.717, 1.165) is 0 Å². The number of benzene rings is 2. The van der Waals surface area contributed by atoms with Crippen LogP contribution in [-0.2, 0) is 6.42 Å². The van der Waals surface area contributed by atoms with E-state index in [1.54, 1.807) is 30.3 Å². The van der Waals surface area contributed by atoms with Crippen molar-refractivity contribution in [2.45, 2.75) is 6.42 Å². The topological polar surface area (TPSA) is 113 Å². The van der Waals surface area contributed by atoms with Gasteiger partial charge in [0.15, 0.2) is 0 Å². The van der Waals surface area contributed by atoms with Crippen LogP contribution in [0, 0.1) is 5.82 Å². The number of carbonyl (C=O) groups is 3. The summed E-state index contributed by atoms with van der Waals surface area (Å²) < 4.78 is 20.1. The SMILES string of the molecule is NC(=O)c1ccccc1OCCc1ccc(C(=O)N2CCN(C(=O)O)CC2)c(F)c1. The van der Waals surface area contributed by atoms with Crippen LogP contribution in [-0.4, -0.2) is 65.6 Å². The van der Waals surface area contributed by atoms with Gasteiger partial charge in [-0.15, -0.1) is 0 Å². The summed E-state index contributed by atoms with van der Waals surface area (Å²) in [5, 5.41) is 8.97. The fraction of sp³-hybridized carbons (Fsp3) is 0.286. The summed E-state index contributed by atoms with van der Waals surface area (Å²) in [7, 11) is 0. The summed E-state index contributed by atoms with van der Waals surface area (Å²) in [6, 6.07) is 10.9. The molecule has 0 saturated carbocycles. The number of para-hydroxylation sites is 1. The molecule has 2 aromatic carbocycles. The van der Waals surface area contributed by atoms with Gasteiger partial charge in [0.05, 0.1) is 17.7 Å². The van der Waals surface area contributed by atoms with Crippen molar-refractivity contribution in [3.8, 4) is 5.75 Å². The van der Waals surface area contributed by atoms with E-state index in [0.29, 0.717) is 17.7 Å². The lowest BCUT2D eigenvalue weighted by molar-refractivity contribution is 0.0620. The van der Waals surface area contributed by atoms with Crippen LogP contribution in [0.2, 0.25) is 0 Å². The first kappa shape index (κ1) is 21.1. The second kappa shape index (κ2) is 9.25. The van der Waals surface area contributed by atoms with Gasteiger partial charge in [-0.25, -0.2) is 9.18 Å². The van der Waals surface area contributed by atoms with E-state index in [1.807, 2.05) is 0 Å². The second-order valence-electron chi connectivity index (χ2n) is 6.83. The maximum absolute atomic E-state index is 14.5. The number of piperazine rings is 1. The molecule has 2 aromatic rings. The Balaban J connectivity index is 1.58. The van der Waals surface area contributed by atoms with Crippen LogP contribution in [0.1, 0.15) is 26.3 Å². The highest BCUT2D eigenvalue weighted by Gasteiger charge is 2.26. The van der Waals surface area contributed by atoms with Gasteiger partial charge < -0.3 is 25.4 Å². The molecule has 8 nitrogen and oxygen atoms in total. The first-order chi connectivity index (χ1) is 14.4. The largest absolute Gasteiger partial charge is 0.492 e. The van der Waals surface area contributed by atoms with E-state index in [4.69, 9.17) is 15.6 Å². The number of rotatable bonds is 6. The number of primary amides is 1. The van der Waals surface area contributed by atoms with Crippen LogP contribution in [0.25, 0.3) is 0 Å². The Bertz CT molecular complexity index is 957. The quantitative estimate of drug-likeness (QED) is 0.749. The maximum Gasteiger partial charge on any atom is 0.407 e. The minimum atomic E-state index is -1.03. The van der Waals surface area contributed by atoms with Gasteiger partial charge in [-0.05, 0) is 29.8 Å². The number of carboxylic acid groups (broad SMARTS) is 1. The molecule has 9 heteroatoms. The van der Waals surface area contributed by atoms with Crippen molar-refractivity contribution in [1.82, 2.24) is 9.80 Å². The zero-order valence-corrected chi connectivity index (χ0v) is 16.2. The van der Waals surface area contributed by atoms with E-state index in [-0.39, 0.29) is 43.9 Å². The lowest BCUT2D eigenvalue weighted by Crippen LogP contribution is -2.50. The molecular formula is C21H22FN3O5. The van der Waals surface area contributed by atoms with E-state index < -0.39 is 23.7 Å². The fourth-order valence-corrected chi connectivity index (χ4v) is 3.23. The second-order valence-corrected chi connectivity index (χ2v) is 6.83. The first-order valence-corrected chi connectivity index (χ1v) is 9.44. The molecule has 0 spiro atoms. The van der Waals surface area contributed by atoms with Crippen molar-refractivity contribution < 1.29 is 28.6 Å². The monoisotopic (exact) mass is 415 g/mol. The van der Waals surface area contributed by atoms with Crippen molar-refractivity contribution in [2.75, 3.05) is 32.8 Å². The van der Waals surface area contributed by atoms with Gasteiger partial charge in [-0.2, -0.15) is 0 Å². The molecule has 158 valence electrons. The number of ether oxygens (including phenoxy) is 1. The number of nitrogens with zero attached hydrogens (tertiary/aromatic N) is 2. The van der Waals surface area contributed by atoms with Crippen LogP contribution < -0.4 is 10.5 Å². The summed E-state index contributed by atoms with van der Waals surface area (Å²) in [6.45, 7) is 1.04. The Morgan fingerprint density at radius 1 is 1.00 bits per heavy atom. The zero-order chi connectivity index (χ0) is 21.7. The van der Waals surface area contributed by atoms with Gasteiger partial charge in [-0.1, -0.05) is 18.2 Å².